The maximum absolute atomic E-state index is 13.0. The number of azide groups is 1. The average molecular weight is 414 g/mol. The Labute approximate surface area is 180 Å². The van der Waals surface area contributed by atoms with Crippen LogP contribution in [0.1, 0.15) is 71.4 Å². The summed E-state index contributed by atoms with van der Waals surface area (Å²) in [5, 5.41) is 3.77. The number of carbonyl (C=O) groups is 1. The van der Waals surface area contributed by atoms with Crippen molar-refractivity contribution in [3.63, 3.8) is 0 Å². The summed E-state index contributed by atoms with van der Waals surface area (Å²) in [7, 11) is 0. The summed E-state index contributed by atoms with van der Waals surface area (Å²) >= 11 is 0. The van der Waals surface area contributed by atoms with Gasteiger partial charge in [0.05, 0.1) is 12.1 Å². The van der Waals surface area contributed by atoms with Gasteiger partial charge in [0.25, 0.3) is 0 Å². The number of nitrogens with zero attached hydrogens (tertiary/aromatic N) is 5. The molecule has 164 valence electrons. The number of piperidine rings is 1. The molecule has 2 aliphatic rings. The molecule has 1 unspecified atom stereocenters. The molecule has 1 aromatic carbocycles. The van der Waals surface area contributed by atoms with Crippen molar-refractivity contribution in [2.75, 3.05) is 24.5 Å². The summed E-state index contributed by atoms with van der Waals surface area (Å²) in [6.45, 7) is 10.3. The first-order valence-electron chi connectivity index (χ1n) is 11.2. The van der Waals surface area contributed by atoms with E-state index in [0.29, 0.717) is 5.92 Å². The second-order valence-electron chi connectivity index (χ2n) is 9.64. The lowest BCUT2D eigenvalue weighted by Gasteiger charge is -2.43. The Morgan fingerprint density at radius 3 is 2.53 bits per heavy atom. The van der Waals surface area contributed by atoms with Gasteiger partial charge >= 0.3 is 6.09 Å². The highest BCUT2D eigenvalue weighted by molar-refractivity contribution is 5.69. The van der Waals surface area contributed by atoms with Crippen LogP contribution in [-0.4, -0.2) is 42.3 Å². The topological polar surface area (TPSA) is 81.5 Å². The average Bonchev–Trinajstić information content (AvgIpc) is 2.66. The molecule has 1 amide bonds. The van der Waals surface area contributed by atoms with Crippen LogP contribution in [0.2, 0.25) is 0 Å². The van der Waals surface area contributed by atoms with Crippen LogP contribution in [0.15, 0.2) is 29.4 Å². The zero-order chi connectivity index (χ0) is 21.7. The second-order valence-corrected chi connectivity index (χ2v) is 9.64. The van der Waals surface area contributed by atoms with Crippen LogP contribution in [-0.2, 0) is 4.74 Å². The number of benzene rings is 1. The third-order valence-electron chi connectivity index (χ3n) is 6.11. The number of hydrogen-bond acceptors (Lipinski definition) is 4. The van der Waals surface area contributed by atoms with Gasteiger partial charge in [-0.2, -0.15) is 0 Å². The van der Waals surface area contributed by atoms with Crippen LogP contribution in [0.4, 0.5) is 10.5 Å². The quantitative estimate of drug-likeness (QED) is 0.323. The van der Waals surface area contributed by atoms with E-state index in [1.807, 2.05) is 44.7 Å². The second kappa shape index (κ2) is 9.61. The van der Waals surface area contributed by atoms with E-state index < -0.39 is 5.60 Å². The van der Waals surface area contributed by atoms with E-state index in [1.165, 1.54) is 19.3 Å². The minimum atomic E-state index is -0.484. The van der Waals surface area contributed by atoms with E-state index in [1.54, 1.807) is 0 Å². The lowest BCUT2D eigenvalue weighted by Crippen LogP contribution is -2.53. The van der Waals surface area contributed by atoms with E-state index in [-0.39, 0.29) is 18.2 Å². The van der Waals surface area contributed by atoms with Crippen molar-refractivity contribution in [2.45, 2.75) is 77.5 Å². The number of anilines is 1. The number of amides is 1. The summed E-state index contributed by atoms with van der Waals surface area (Å²) in [4.78, 5) is 20.3. The Balaban J connectivity index is 1.71. The molecular formula is C23H35N5O2. The fourth-order valence-corrected chi connectivity index (χ4v) is 4.20. The standard InChI is InChI=1S/C23H35N5O2/c1-17(25-26-24)19-10-12-20(13-11-19)27-14-6-9-21(16-27)28(15-18-7-5-8-18)22(29)30-23(2,3)4/h10-13,17-18,21H,5-9,14-16H2,1-4H3/t17?,21-/m1/s1. The Morgan fingerprint density at radius 1 is 1.27 bits per heavy atom. The van der Waals surface area contributed by atoms with Gasteiger partial charge in [0.2, 0.25) is 0 Å². The maximum Gasteiger partial charge on any atom is 0.410 e. The third-order valence-corrected chi connectivity index (χ3v) is 6.11. The van der Waals surface area contributed by atoms with Crippen LogP contribution >= 0.6 is 0 Å². The number of ether oxygens (including phenoxy) is 1. The Bertz CT molecular complexity index is 763. The van der Waals surface area contributed by atoms with E-state index in [2.05, 4.69) is 27.1 Å². The minimum absolute atomic E-state index is 0.163. The van der Waals surface area contributed by atoms with Gasteiger partial charge in [0.15, 0.2) is 0 Å². The lowest BCUT2D eigenvalue weighted by atomic mass is 9.84. The predicted octanol–water partition coefficient (Wildman–Crippen LogP) is 6.06. The summed E-state index contributed by atoms with van der Waals surface area (Å²) in [5.74, 6) is 0.606. The molecule has 7 nitrogen and oxygen atoms in total. The lowest BCUT2D eigenvalue weighted by molar-refractivity contribution is 0.00736. The van der Waals surface area contributed by atoms with E-state index in [0.717, 1.165) is 43.7 Å². The van der Waals surface area contributed by atoms with Crippen LogP contribution in [0.3, 0.4) is 0 Å². The fraction of sp³-hybridized carbons (Fsp3) is 0.696. The summed E-state index contributed by atoms with van der Waals surface area (Å²) in [6.07, 6.45) is 5.56. The third kappa shape index (κ3) is 5.82. The summed E-state index contributed by atoms with van der Waals surface area (Å²) in [6, 6.07) is 8.21. The van der Waals surface area contributed by atoms with E-state index >= 15 is 0 Å². The van der Waals surface area contributed by atoms with Gasteiger partial charge in [-0.15, -0.1) is 0 Å². The van der Waals surface area contributed by atoms with Crippen molar-refractivity contribution in [3.05, 3.63) is 40.3 Å². The molecule has 2 atom stereocenters. The monoisotopic (exact) mass is 413 g/mol. The number of carbonyl (C=O) groups excluding carboxylic acids is 1. The van der Waals surface area contributed by atoms with Crippen LogP contribution in [0.25, 0.3) is 10.4 Å². The van der Waals surface area contributed by atoms with Crippen molar-refractivity contribution in [3.8, 4) is 0 Å². The Kier molecular flexibility index (Phi) is 7.14. The molecule has 3 rings (SSSR count). The molecule has 0 radical (unpaired) electrons. The van der Waals surface area contributed by atoms with Crippen molar-refractivity contribution >= 4 is 11.8 Å². The molecule has 0 bridgehead atoms. The van der Waals surface area contributed by atoms with Crippen LogP contribution in [0, 0.1) is 5.92 Å². The van der Waals surface area contributed by atoms with Gasteiger partial charge in [-0.1, -0.05) is 30.6 Å². The smallest absolute Gasteiger partial charge is 0.410 e. The molecule has 2 fully saturated rings. The summed E-state index contributed by atoms with van der Waals surface area (Å²) < 4.78 is 5.76. The van der Waals surface area contributed by atoms with Gasteiger partial charge in [0, 0.05) is 30.2 Å². The number of rotatable bonds is 6. The van der Waals surface area contributed by atoms with Crippen molar-refractivity contribution < 1.29 is 9.53 Å². The molecule has 7 heteroatoms. The van der Waals surface area contributed by atoms with Gasteiger partial charge in [-0.05, 0) is 75.6 Å². The van der Waals surface area contributed by atoms with Crippen LogP contribution < -0.4 is 4.90 Å². The highest BCUT2D eigenvalue weighted by atomic mass is 16.6. The van der Waals surface area contributed by atoms with Gasteiger partial charge in [-0.3, -0.25) is 0 Å². The normalized spacial score (nSPS) is 20.7. The molecule has 1 saturated carbocycles. The zero-order valence-corrected chi connectivity index (χ0v) is 18.8. The molecule has 0 spiro atoms. The molecule has 1 heterocycles. The van der Waals surface area contributed by atoms with Gasteiger partial charge < -0.3 is 14.5 Å². The van der Waals surface area contributed by atoms with Gasteiger partial charge in [-0.25, -0.2) is 4.79 Å². The van der Waals surface area contributed by atoms with E-state index in [9.17, 15) is 4.79 Å². The largest absolute Gasteiger partial charge is 0.444 e. The highest BCUT2D eigenvalue weighted by Gasteiger charge is 2.34. The van der Waals surface area contributed by atoms with E-state index in [4.69, 9.17) is 10.3 Å². The molecule has 30 heavy (non-hydrogen) atoms. The molecule has 1 aromatic rings. The van der Waals surface area contributed by atoms with Crippen molar-refractivity contribution in [1.29, 1.82) is 0 Å². The Hall–Kier alpha value is -2.40. The minimum Gasteiger partial charge on any atom is -0.444 e. The number of hydrogen-bond donors (Lipinski definition) is 0. The van der Waals surface area contributed by atoms with Crippen molar-refractivity contribution in [2.24, 2.45) is 11.0 Å². The summed E-state index contributed by atoms with van der Waals surface area (Å²) in [5.41, 5.74) is 10.3. The Morgan fingerprint density at radius 2 is 1.97 bits per heavy atom. The highest BCUT2D eigenvalue weighted by Crippen LogP contribution is 2.31. The molecule has 0 aromatic heterocycles. The molecule has 1 aliphatic heterocycles. The molecule has 1 saturated heterocycles. The van der Waals surface area contributed by atoms with Gasteiger partial charge in [0.1, 0.15) is 5.60 Å². The first-order valence-corrected chi connectivity index (χ1v) is 11.2. The van der Waals surface area contributed by atoms with Crippen LogP contribution in [0.5, 0.6) is 0 Å². The molecule has 0 N–H and O–H groups in total. The zero-order valence-electron chi connectivity index (χ0n) is 18.8. The predicted molar refractivity (Wildman–Crippen MR) is 120 cm³/mol. The SMILES string of the molecule is CC(N=[N+]=[N-])c1ccc(N2CCC[C@@H](N(CC3CCC3)C(=O)OC(C)(C)C)C2)cc1. The van der Waals surface area contributed by atoms with Crippen molar-refractivity contribution in [1.82, 2.24) is 4.90 Å². The first kappa shape index (κ1) is 22.3. The fourth-order valence-electron chi connectivity index (χ4n) is 4.20. The first-order chi connectivity index (χ1) is 14.3. The molecule has 1 aliphatic carbocycles. The molecular weight excluding hydrogens is 378 g/mol. The maximum atomic E-state index is 13.0.